The average Bonchev–Trinajstić information content (AvgIpc) is 2.93. The van der Waals surface area contributed by atoms with Gasteiger partial charge >= 0.3 is 11.9 Å². The van der Waals surface area contributed by atoms with Crippen LogP contribution in [0.3, 0.4) is 0 Å². The van der Waals surface area contributed by atoms with E-state index in [9.17, 15) is 9.59 Å². The summed E-state index contributed by atoms with van der Waals surface area (Å²) in [6.07, 6.45) is 5.05. The Hall–Kier alpha value is -4.06. The first kappa shape index (κ1) is 31.2. The van der Waals surface area contributed by atoms with Crippen LogP contribution in [0.4, 0.5) is 0 Å². The molecule has 2 rings (SSSR count). The number of benzene rings is 2. The van der Waals surface area contributed by atoms with Crippen LogP contribution in [0.1, 0.15) is 11.1 Å². The molecule has 2 aromatic carbocycles. The topological polar surface area (TPSA) is 139 Å². The quantitative estimate of drug-likeness (QED) is 0.187. The second kappa shape index (κ2) is 18.2. The highest BCUT2D eigenvalue weighted by Gasteiger charge is 2.06. The molecule has 39 heavy (non-hydrogen) atoms. The normalized spacial score (nSPS) is 11.1. The summed E-state index contributed by atoms with van der Waals surface area (Å²) in [6.45, 7) is 2.98. The third-order valence-corrected chi connectivity index (χ3v) is 4.93. The van der Waals surface area contributed by atoms with E-state index in [0.717, 1.165) is 12.2 Å². The van der Waals surface area contributed by atoms with E-state index in [-0.39, 0.29) is 0 Å². The summed E-state index contributed by atoms with van der Waals surface area (Å²) in [6, 6.07) is 10.3. The molecule has 0 aliphatic heterocycles. The van der Waals surface area contributed by atoms with Crippen molar-refractivity contribution in [2.45, 2.75) is 0 Å². The van der Waals surface area contributed by atoms with Crippen molar-refractivity contribution in [1.82, 2.24) is 0 Å². The summed E-state index contributed by atoms with van der Waals surface area (Å²) >= 11 is 0. The molecule has 0 radical (unpaired) electrons. The minimum atomic E-state index is -1.02. The Bertz CT molecular complexity index is 1010. The van der Waals surface area contributed by atoms with Crippen molar-refractivity contribution in [3.05, 3.63) is 59.7 Å². The molecule has 0 heterocycles. The summed E-state index contributed by atoms with van der Waals surface area (Å²) in [4.78, 5) is 21.3. The van der Waals surface area contributed by atoms with Crippen molar-refractivity contribution in [1.29, 1.82) is 0 Å². The van der Waals surface area contributed by atoms with Crippen LogP contribution in [0.2, 0.25) is 0 Å². The SMILES string of the molecule is COc1cc(/C=C/C(=O)O)ccc1OCCOCCOCCOCCOc1ccc(/C=C/C(=O)O)cc1OC. The summed E-state index contributed by atoms with van der Waals surface area (Å²) in [7, 11) is 3.03. The Labute approximate surface area is 227 Å². The molecule has 0 spiro atoms. The second-order valence-electron chi connectivity index (χ2n) is 7.70. The molecule has 0 bridgehead atoms. The number of hydrogen-bond acceptors (Lipinski definition) is 9. The molecule has 212 valence electrons. The van der Waals surface area contributed by atoms with Gasteiger partial charge in [0.15, 0.2) is 23.0 Å². The first-order valence-electron chi connectivity index (χ1n) is 12.1. The monoisotopic (exact) mass is 546 g/mol. The van der Waals surface area contributed by atoms with Gasteiger partial charge in [-0.15, -0.1) is 0 Å². The molecule has 11 heteroatoms. The molecule has 0 unspecified atom stereocenters. The van der Waals surface area contributed by atoms with Crippen molar-refractivity contribution in [3.63, 3.8) is 0 Å². The lowest BCUT2D eigenvalue weighted by molar-refractivity contribution is -0.132. The van der Waals surface area contributed by atoms with E-state index in [1.807, 2.05) is 0 Å². The number of rotatable bonds is 20. The molecule has 0 saturated carbocycles. The summed E-state index contributed by atoms with van der Waals surface area (Å²) in [5, 5.41) is 17.4. The van der Waals surface area contributed by atoms with Crippen molar-refractivity contribution < 1.29 is 53.0 Å². The number of hydrogen-bond donors (Lipinski definition) is 2. The summed E-state index contributed by atoms with van der Waals surface area (Å²) in [5.41, 5.74) is 1.37. The predicted octanol–water partition coefficient (Wildman–Crippen LogP) is 3.41. The van der Waals surface area contributed by atoms with Crippen LogP contribution in [0.5, 0.6) is 23.0 Å². The van der Waals surface area contributed by atoms with Crippen molar-refractivity contribution in [2.24, 2.45) is 0 Å². The molecular weight excluding hydrogens is 512 g/mol. The maximum Gasteiger partial charge on any atom is 0.328 e. The summed E-state index contributed by atoms with van der Waals surface area (Å²) in [5.74, 6) is 0.0222. The maximum atomic E-state index is 10.6. The van der Waals surface area contributed by atoms with Gasteiger partial charge in [0.1, 0.15) is 13.2 Å². The molecule has 0 atom stereocenters. The van der Waals surface area contributed by atoms with Crippen LogP contribution in [0.25, 0.3) is 12.2 Å². The fraction of sp³-hybridized carbons (Fsp3) is 0.357. The zero-order chi connectivity index (χ0) is 28.3. The van der Waals surface area contributed by atoms with Crippen LogP contribution in [0.15, 0.2) is 48.6 Å². The minimum absolute atomic E-state index is 0.316. The molecule has 2 N–H and O–H groups in total. The first-order chi connectivity index (χ1) is 18.9. The molecule has 11 nitrogen and oxygen atoms in total. The number of carbonyl (C=O) groups is 2. The lowest BCUT2D eigenvalue weighted by Gasteiger charge is -2.12. The number of aliphatic carboxylic acids is 2. The molecule has 0 aliphatic rings. The predicted molar refractivity (Wildman–Crippen MR) is 143 cm³/mol. The minimum Gasteiger partial charge on any atom is -0.493 e. The highest BCUT2D eigenvalue weighted by atomic mass is 16.6. The molecule has 0 aromatic heterocycles. The van der Waals surface area contributed by atoms with Crippen LogP contribution in [-0.2, 0) is 23.8 Å². The Kier molecular flexibility index (Phi) is 14.6. The Morgan fingerprint density at radius 3 is 1.28 bits per heavy atom. The van der Waals surface area contributed by atoms with E-state index in [0.29, 0.717) is 87.0 Å². The summed E-state index contributed by atoms with van der Waals surface area (Å²) < 4.78 is 38.4. The van der Waals surface area contributed by atoms with Crippen molar-refractivity contribution in [3.8, 4) is 23.0 Å². The number of carboxylic acids is 2. The van der Waals surface area contributed by atoms with Gasteiger partial charge in [-0.2, -0.15) is 0 Å². The van der Waals surface area contributed by atoms with Gasteiger partial charge in [0.25, 0.3) is 0 Å². The zero-order valence-electron chi connectivity index (χ0n) is 22.0. The largest absolute Gasteiger partial charge is 0.493 e. The van der Waals surface area contributed by atoms with Gasteiger partial charge in [0.05, 0.1) is 53.9 Å². The molecular formula is C28H34O11. The third-order valence-electron chi connectivity index (χ3n) is 4.93. The second-order valence-corrected chi connectivity index (χ2v) is 7.70. The lowest BCUT2D eigenvalue weighted by atomic mass is 10.2. The Balaban J connectivity index is 1.51. The van der Waals surface area contributed by atoms with Crippen LogP contribution < -0.4 is 18.9 Å². The number of carboxylic acid groups (broad SMARTS) is 2. The van der Waals surface area contributed by atoms with E-state index in [1.54, 1.807) is 36.4 Å². The van der Waals surface area contributed by atoms with Gasteiger partial charge in [-0.1, -0.05) is 12.1 Å². The van der Waals surface area contributed by atoms with E-state index in [1.165, 1.54) is 26.4 Å². The molecule has 2 aromatic rings. The van der Waals surface area contributed by atoms with Gasteiger partial charge in [0, 0.05) is 12.2 Å². The fourth-order valence-corrected chi connectivity index (χ4v) is 3.11. The van der Waals surface area contributed by atoms with Gasteiger partial charge in [-0.25, -0.2) is 9.59 Å². The number of methoxy groups -OCH3 is 2. The van der Waals surface area contributed by atoms with Gasteiger partial charge in [-0.05, 0) is 47.5 Å². The van der Waals surface area contributed by atoms with Gasteiger partial charge in [0.2, 0.25) is 0 Å². The molecule has 0 aliphatic carbocycles. The molecule has 0 amide bonds. The fourth-order valence-electron chi connectivity index (χ4n) is 3.11. The van der Waals surface area contributed by atoms with Gasteiger partial charge in [-0.3, -0.25) is 0 Å². The van der Waals surface area contributed by atoms with Crippen LogP contribution >= 0.6 is 0 Å². The van der Waals surface area contributed by atoms with Crippen LogP contribution in [0, 0.1) is 0 Å². The van der Waals surface area contributed by atoms with Gasteiger partial charge < -0.3 is 43.4 Å². The average molecular weight is 547 g/mol. The van der Waals surface area contributed by atoms with Crippen LogP contribution in [-0.4, -0.2) is 89.2 Å². The highest BCUT2D eigenvalue weighted by Crippen LogP contribution is 2.29. The van der Waals surface area contributed by atoms with E-state index in [2.05, 4.69) is 0 Å². The number of ether oxygens (including phenoxy) is 7. The highest BCUT2D eigenvalue weighted by molar-refractivity contribution is 5.86. The maximum absolute atomic E-state index is 10.6. The zero-order valence-corrected chi connectivity index (χ0v) is 22.0. The standard InChI is InChI=1S/C28H34O11/c1-33-25-19-21(5-9-27(29)30)3-7-23(25)38-17-15-36-13-11-35-12-14-37-16-18-39-24-8-4-22(6-10-28(31)32)20-26(24)34-2/h3-10,19-20H,11-18H2,1-2H3,(H,29,30)(H,31,32)/b9-5+,10-6+. The molecule has 0 fully saturated rings. The van der Waals surface area contributed by atoms with Crippen molar-refractivity contribution >= 4 is 24.1 Å². The third kappa shape index (κ3) is 12.8. The Morgan fingerprint density at radius 2 is 0.949 bits per heavy atom. The van der Waals surface area contributed by atoms with Crippen molar-refractivity contribution in [2.75, 3.05) is 67.1 Å². The first-order valence-corrected chi connectivity index (χ1v) is 12.1. The molecule has 0 saturated heterocycles. The Morgan fingerprint density at radius 1 is 0.590 bits per heavy atom. The van der Waals surface area contributed by atoms with E-state index < -0.39 is 11.9 Å². The smallest absolute Gasteiger partial charge is 0.328 e. The lowest BCUT2D eigenvalue weighted by Crippen LogP contribution is -2.14. The van der Waals surface area contributed by atoms with E-state index >= 15 is 0 Å². The van der Waals surface area contributed by atoms with E-state index in [4.69, 9.17) is 43.4 Å².